The van der Waals surface area contributed by atoms with Crippen molar-refractivity contribution >= 4 is 28.2 Å². The van der Waals surface area contributed by atoms with Crippen LogP contribution in [-0.2, 0) is 20.4 Å². The highest BCUT2D eigenvalue weighted by molar-refractivity contribution is 7.90. The third-order valence-electron chi connectivity index (χ3n) is 1.76. The van der Waals surface area contributed by atoms with Crippen LogP contribution in [0, 0.1) is 0 Å². The van der Waals surface area contributed by atoms with Gasteiger partial charge < -0.3 is 5.11 Å². The van der Waals surface area contributed by atoms with Gasteiger partial charge in [-0.3, -0.25) is 9.78 Å². The highest BCUT2D eigenvalue weighted by Crippen LogP contribution is 2.06. The Labute approximate surface area is 99.8 Å². The summed E-state index contributed by atoms with van der Waals surface area (Å²) in [4.78, 5) is 14.0. The quantitative estimate of drug-likeness (QED) is 0.855. The lowest BCUT2D eigenvalue weighted by molar-refractivity contribution is -0.136. The molecule has 7 heteroatoms. The normalized spacial score (nSPS) is 10.5. The molecule has 16 heavy (non-hydrogen) atoms. The summed E-state index contributed by atoms with van der Waals surface area (Å²) in [6.45, 7) is 0. The Kier molecular flexibility index (Phi) is 5.98. The minimum atomic E-state index is -3.34. The third kappa shape index (κ3) is 5.67. The van der Waals surface area contributed by atoms with E-state index in [9.17, 15) is 13.2 Å². The average molecular weight is 266 g/mol. The van der Waals surface area contributed by atoms with Crippen LogP contribution in [0.2, 0.25) is 0 Å². The topological polar surface area (TPSA) is 84.3 Å². The SMILES string of the molecule is Cl.O=C(O)CCS(=O)(=O)Cc1ccncc1. The van der Waals surface area contributed by atoms with Crippen LogP contribution < -0.4 is 0 Å². The standard InChI is InChI=1S/C9H11NO4S.ClH/c11-9(12)3-6-15(13,14)7-8-1-4-10-5-2-8;/h1-2,4-5H,3,6-7H2,(H,11,12);1H. The molecule has 1 aromatic heterocycles. The fourth-order valence-electron chi connectivity index (χ4n) is 1.05. The molecule has 0 saturated heterocycles. The van der Waals surface area contributed by atoms with Gasteiger partial charge in [-0.15, -0.1) is 12.4 Å². The lowest BCUT2D eigenvalue weighted by atomic mass is 10.3. The first-order valence-corrected chi connectivity index (χ1v) is 6.13. The maximum atomic E-state index is 11.4. The second-order valence-corrected chi connectivity index (χ2v) is 5.28. The van der Waals surface area contributed by atoms with Gasteiger partial charge in [-0.2, -0.15) is 0 Å². The third-order valence-corrected chi connectivity index (χ3v) is 3.36. The predicted octanol–water partition coefficient (Wildman–Crippen LogP) is 0.893. The lowest BCUT2D eigenvalue weighted by Crippen LogP contribution is -2.12. The van der Waals surface area contributed by atoms with Crippen LogP contribution in [0.4, 0.5) is 0 Å². The summed E-state index contributed by atoms with van der Waals surface area (Å²) in [7, 11) is -3.34. The van der Waals surface area contributed by atoms with E-state index in [1.165, 1.54) is 12.4 Å². The van der Waals surface area contributed by atoms with Crippen molar-refractivity contribution in [2.45, 2.75) is 12.2 Å². The molecule has 0 saturated carbocycles. The van der Waals surface area contributed by atoms with Crippen molar-refractivity contribution in [3.8, 4) is 0 Å². The summed E-state index contributed by atoms with van der Waals surface area (Å²) < 4.78 is 22.8. The molecule has 0 fully saturated rings. The largest absolute Gasteiger partial charge is 0.481 e. The van der Waals surface area contributed by atoms with Crippen LogP contribution in [0.1, 0.15) is 12.0 Å². The Hall–Kier alpha value is -1.14. The molecule has 1 heterocycles. The molecular formula is C9H12ClNO4S. The van der Waals surface area contributed by atoms with Crippen LogP contribution in [0.3, 0.4) is 0 Å². The van der Waals surface area contributed by atoms with E-state index in [2.05, 4.69) is 4.98 Å². The van der Waals surface area contributed by atoms with Crippen molar-refractivity contribution < 1.29 is 18.3 Å². The van der Waals surface area contributed by atoms with Gasteiger partial charge in [0.1, 0.15) is 0 Å². The Morgan fingerprint density at radius 1 is 1.31 bits per heavy atom. The Bertz CT molecular complexity index is 432. The first-order valence-electron chi connectivity index (χ1n) is 4.31. The molecule has 0 unspecified atom stereocenters. The van der Waals surface area contributed by atoms with Crippen molar-refractivity contribution in [1.29, 1.82) is 0 Å². The molecule has 0 spiro atoms. The average Bonchev–Trinajstić information content (AvgIpc) is 2.16. The number of carboxylic acid groups (broad SMARTS) is 1. The summed E-state index contributed by atoms with van der Waals surface area (Å²) >= 11 is 0. The van der Waals surface area contributed by atoms with Crippen molar-refractivity contribution in [3.63, 3.8) is 0 Å². The van der Waals surface area contributed by atoms with E-state index in [0.29, 0.717) is 5.56 Å². The molecule has 5 nitrogen and oxygen atoms in total. The Balaban J connectivity index is 0.00000225. The number of halogens is 1. The van der Waals surface area contributed by atoms with E-state index in [-0.39, 0.29) is 30.3 Å². The zero-order chi connectivity index (χ0) is 11.3. The summed E-state index contributed by atoms with van der Waals surface area (Å²) in [5, 5.41) is 8.37. The first kappa shape index (κ1) is 14.9. The fourth-order valence-corrected chi connectivity index (χ4v) is 2.38. The summed E-state index contributed by atoms with van der Waals surface area (Å²) in [6.07, 6.45) is 2.65. The van der Waals surface area contributed by atoms with Crippen LogP contribution in [0.25, 0.3) is 0 Å². The molecule has 0 aliphatic rings. The number of hydrogen-bond acceptors (Lipinski definition) is 4. The fraction of sp³-hybridized carbons (Fsp3) is 0.333. The van der Waals surface area contributed by atoms with Gasteiger partial charge in [-0.1, -0.05) is 0 Å². The molecule has 0 bridgehead atoms. The Morgan fingerprint density at radius 2 is 1.88 bits per heavy atom. The molecule has 0 amide bonds. The van der Waals surface area contributed by atoms with E-state index in [1.54, 1.807) is 12.1 Å². The number of carbonyl (C=O) groups is 1. The molecular weight excluding hydrogens is 254 g/mol. The van der Waals surface area contributed by atoms with Crippen LogP contribution >= 0.6 is 12.4 Å². The zero-order valence-electron chi connectivity index (χ0n) is 8.37. The maximum absolute atomic E-state index is 11.4. The Morgan fingerprint density at radius 3 is 2.38 bits per heavy atom. The molecule has 0 atom stereocenters. The lowest BCUT2D eigenvalue weighted by Gasteiger charge is -2.01. The highest BCUT2D eigenvalue weighted by atomic mass is 35.5. The summed E-state index contributed by atoms with van der Waals surface area (Å²) in [5.74, 6) is -1.57. The summed E-state index contributed by atoms with van der Waals surface area (Å²) in [5.41, 5.74) is 0.621. The van der Waals surface area contributed by atoms with Crippen molar-refractivity contribution in [2.24, 2.45) is 0 Å². The molecule has 1 aromatic rings. The second kappa shape index (κ2) is 6.44. The summed E-state index contributed by atoms with van der Waals surface area (Å²) in [6, 6.07) is 3.19. The van der Waals surface area contributed by atoms with Gasteiger partial charge in [0, 0.05) is 12.4 Å². The van der Waals surface area contributed by atoms with E-state index in [1.807, 2.05) is 0 Å². The van der Waals surface area contributed by atoms with E-state index < -0.39 is 15.8 Å². The molecule has 0 aromatic carbocycles. The number of pyridine rings is 1. The van der Waals surface area contributed by atoms with Gasteiger partial charge in [0.05, 0.1) is 17.9 Å². The number of hydrogen-bond donors (Lipinski definition) is 1. The second-order valence-electron chi connectivity index (χ2n) is 3.09. The molecule has 90 valence electrons. The van der Waals surface area contributed by atoms with Crippen molar-refractivity contribution in [1.82, 2.24) is 4.98 Å². The van der Waals surface area contributed by atoms with Gasteiger partial charge >= 0.3 is 5.97 Å². The maximum Gasteiger partial charge on any atom is 0.304 e. The van der Waals surface area contributed by atoms with Crippen molar-refractivity contribution in [2.75, 3.05) is 5.75 Å². The van der Waals surface area contributed by atoms with Crippen LogP contribution in [0.5, 0.6) is 0 Å². The molecule has 0 radical (unpaired) electrons. The zero-order valence-corrected chi connectivity index (χ0v) is 10.00. The van der Waals surface area contributed by atoms with Crippen LogP contribution in [-0.4, -0.2) is 30.2 Å². The van der Waals surface area contributed by atoms with E-state index in [4.69, 9.17) is 5.11 Å². The molecule has 1 rings (SSSR count). The molecule has 1 N–H and O–H groups in total. The predicted molar refractivity (Wildman–Crippen MR) is 61.2 cm³/mol. The molecule has 0 aliphatic carbocycles. The van der Waals surface area contributed by atoms with Gasteiger partial charge in [0.15, 0.2) is 9.84 Å². The number of aliphatic carboxylic acids is 1. The van der Waals surface area contributed by atoms with Crippen molar-refractivity contribution in [3.05, 3.63) is 30.1 Å². The monoisotopic (exact) mass is 265 g/mol. The number of aromatic nitrogens is 1. The smallest absolute Gasteiger partial charge is 0.304 e. The van der Waals surface area contributed by atoms with Crippen LogP contribution in [0.15, 0.2) is 24.5 Å². The van der Waals surface area contributed by atoms with Gasteiger partial charge in [0.25, 0.3) is 0 Å². The minimum absolute atomic E-state index is 0. The van der Waals surface area contributed by atoms with Gasteiger partial charge in [-0.05, 0) is 17.7 Å². The first-order chi connectivity index (χ1) is 6.99. The van der Waals surface area contributed by atoms with E-state index >= 15 is 0 Å². The number of rotatable bonds is 5. The minimum Gasteiger partial charge on any atom is -0.481 e. The highest BCUT2D eigenvalue weighted by Gasteiger charge is 2.13. The number of carboxylic acids is 1. The molecule has 0 aliphatic heterocycles. The number of nitrogens with zero attached hydrogens (tertiary/aromatic N) is 1. The van der Waals surface area contributed by atoms with Gasteiger partial charge in [0.2, 0.25) is 0 Å². The number of sulfone groups is 1. The van der Waals surface area contributed by atoms with Gasteiger partial charge in [-0.25, -0.2) is 8.42 Å². The van der Waals surface area contributed by atoms with E-state index in [0.717, 1.165) is 0 Å².